The van der Waals surface area contributed by atoms with Crippen molar-refractivity contribution in [2.24, 2.45) is 7.05 Å². The Balaban J connectivity index is 1.51. The van der Waals surface area contributed by atoms with Crippen LogP contribution in [0.1, 0.15) is 17.2 Å². The Morgan fingerprint density at radius 3 is 2.54 bits per heavy atom. The number of aliphatic hydroxyl groups excluding tert-OH is 1. The number of nitrogens with one attached hydrogen (secondary N) is 2. The van der Waals surface area contributed by atoms with Crippen molar-refractivity contribution in [3.05, 3.63) is 71.9 Å². The summed E-state index contributed by atoms with van der Waals surface area (Å²) in [5.74, 6) is -1.49. The van der Waals surface area contributed by atoms with Crippen molar-refractivity contribution >= 4 is 22.7 Å². The number of aromatic nitrogens is 1. The highest BCUT2D eigenvalue weighted by Gasteiger charge is 2.16. The molecule has 2 amide bonds. The van der Waals surface area contributed by atoms with E-state index in [1.807, 2.05) is 72.4 Å². The lowest BCUT2D eigenvalue weighted by molar-refractivity contribution is -0.139. The molecule has 1 aromatic heterocycles. The average Bonchev–Trinajstić information content (AvgIpc) is 3.05. The molecule has 2 aromatic carbocycles. The molecule has 6 heteroatoms. The highest BCUT2D eigenvalue weighted by Crippen LogP contribution is 2.20. The monoisotopic (exact) mass is 351 g/mol. The second-order valence-electron chi connectivity index (χ2n) is 6.14. The van der Waals surface area contributed by atoms with Crippen molar-refractivity contribution in [3.63, 3.8) is 0 Å². The Labute approximate surface area is 151 Å². The predicted octanol–water partition coefficient (Wildman–Crippen LogP) is 1.64. The van der Waals surface area contributed by atoms with Gasteiger partial charge in [-0.2, -0.15) is 0 Å². The van der Waals surface area contributed by atoms with Gasteiger partial charge in [0.15, 0.2) is 0 Å². The Bertz CT molecular complexity index is 918. The minimum atomic E-state index is -0.884. The highest BCUT2D eigenvalue weighted by atomic mass is 16.3. The van der Waals surface area contributed by atoms with Crippen molar-refractivity contribution in [1.29, 1.82) is 0 Å². The van der Waals surface area contributed by atoms with E-state index in [0.717, 1.165) is 16.5 Å². The fourth-order valence-electron chi connectivity index (χ4n) is 2.75. The maximum Gasteiger partial charge on any atom is 0.309 e. The van der Waals surface area contributed by atoms with Crippen molar-refractivity contribution in [2.75, 3.05) is 6.54 Å². The normalized spacial score (nSPS) is 11.9. The number of nitrogens with zero attached hydrogens (tertiary/aromatic N) is 1. The minimum Gasteiger partial charge on any atom is -0.387 e. The summed E-state index contributed by atoms with van der Waals surface area (Å²) >= 11 is 0. The first-order valence-corrected chi connectivity index (χ1v) is 8.37. The largest absolute Gasteiger partial charge is 0.387 e. The van der Waals surface area contributed by atoms with Crippen LogP contribution in [0.3, 0.4) is 0 Å². The summed E-state index contributed by atoms with van der Waals surface area (Å²) in [7, 11) is 1.95. The number of hydrogen-bond donors (Lipinski definition) is 3. The lowest BCUT2D eigenvalue weighted by Gasteiger charge is -2.13. The molecule has 3 rings (SSSR count). The van der Waals surface area contributed by atoms with Crippen LogP contribution in [0.2, 0.25) is 0 Å². The zero-order chi connectivity index (χ0) is 18.5. The maximum atomic E-state index is 11.9. The van der Waals surface area contributed by atoms with Gasteiger partial charge in [0.1, 0.15) is 0 Å². The van der Waals surface area contributed by atoms with E-state index >= 15 is 0 Å². The van der Waals surface area contributed by atoms with Crippen LogP contribution in [-0.4, -0.2) is 28.0 Å². The zero-order valence-corrected chi connectivity index (χ0v) is 14.5. The number of benzene rings is 2. The topological polar surface area (TPSA) is 83.4 Å². The van der Waals surface area contributed by atoms with Gasteiger partial charge in [0, 0.05) is 31.9 Å². The molecule has 1 heterocycles. The van der Waals surface area contributed by atoms with E-state index in [0.29, 0.717) is 5.56 Å². The molecule has 26 heavy (non-hydrogen) atoms. The number of amides is 2. The van der Waals surface area contributed by atoms with Gasteiger partial charge < -0.3 is 20.3 Å². The summed E-state index contributed by atoms with van der Waals surface area (Å²) in [6.07, 6.45) is 1.06. The Hall–Kier alpha value is -3.12. The van der Waals surface area contributed by atoms with Crippen LogP contribution < -0.4 is 10.6 Å². The third-order valence-corrected chi connectivity index (χ3v) is 4.25. The van der Waals surface area contributed by atoms with Gasteiger partial charge in [-0.3, -0.25) is 9.59 Å². The molecule has 6 nitrogen and oxygen atoms in total. The number of hydrogen-bond acceptors (Lipinski definition) is 3. The number of carbonyl (C=O) groups excluding carboxylic acids is 2. The summed E-state index contributed by atoms with van der Waals surface area (Å²) in [6, 6.07) is 16.9. The van der Waals surface area contributed by atoms with Gasteiger partial charge in [-0.25, -0.2) is 0 Å². The molecule has 0 fully saturated rings. The highest BCUT2D eigenvalue weighted by molar-refractivity contribution is 6.35. The van der Waals surface area contributed by atoms with Crippen LogP contribution in [0.4, 0.5) is 0 Å². The summed E-state index contributed by atoms with van der Waals surface area (Å²) < 4.78 is 1.99. The summed E-state index contributed by atoms with van der Waals surface area (Å²) in [4.78, 5) is 23.7. The summed E-state index contributed by atoms with van der Waals surface area (Å²) in [5, 5.41) is 16.3. The number of carbonyl (C=O) groups is 2. The minimum absolute atomic E-state index is 0.0318. The lowest BCUT2D eigenvalue weighted by Crippen LogP contribution is -2.41. The predicted molar refractivity (Wildman–Crippen MR) is 99.2 cm³/mol. The molecule has 1 atom stereocenters. The van der Waals surface area contributed by atoms with Gasteiger partial charge in [-0.15, -0.1) is 0 Å². The van der Waals surface area contributed by atoms with E-state index in [9.17, 15) is 14.7 Å². The summed E-state index contributed by atoms with van der Waals surface area (Å²) in [6.45, 7) is 0.246. The van der Waals surface area contributed by atoms with Gasteiger partial charge in [-0.1, -0.05) is 36.4 Å². The van der Waals surface area contributed by atoms with Crippen LogP contribution in [0.25, 0.3) is 10.9 Å². The molecule has 0 spiro atoms. The van der Waals surface area contributed by atoms with Crippen molar-refractivity contribution < 1.29 is 14.7 Å². The van der Waals surface area contributed by atoms with Crippen LogP contribution >= 0.6 is 0 Å². The van der Waals surface area contributed by atoms with E-state index in [1.54, 1.807) is 0 Å². The molecule has 3 N–H and O–H groups in total. The fraction of sp³-hybridized carbons (Fsp3) is 0.200. The van der Waals surface area contributed by atoms with Crippen molar-refractivity contribution in [1.82, 2.24) is 15.2 Å². The van der Waals surface area contributed by atoms with Gasteiger partial charge in [0.2, 0.25) is 0 Å². The molecule has 1 unspecified atom stereocenters. The van der Waals surface area contributed by atoms with E-state index in [2.05, 4.69) is 10.6 Å². The smallest absolute Gasteiger partial charge is 0.309 e. The molecule has 134 valence electrons. The van der Waals surface area contributed by atoms with Crippen LogP contribution in [-0.2, 0) is 23.2 Å². The molecule has 0 saturated heterocycles. The van der Waals surface area contributed by atoms with Crippen LogP contribution in [0.15, 0.2) is 60.8 Å². The van der Waals surface area contributed by atoms with E-state index in [4.69, 9.17) is 0 Å². The molecule has 3 aromatic rings. The van der Waals surface area contributed by atoms with E-state index in [1.165, 1.54) is 0 Å². The standard InChI is InChI=1S/C20H21N3O3/c1-23-10-9-15-11-16(7-8-17(15)23)18(24)13-22-20(26)19(25)21-12-14-5-3-2-4-6-14/h2-11,18,24H,12-13H2,1H3,(H,21,25)(H,22,26). The van der Waals surface area contributed by atoms with E-state index in [-0.39, 0.29) is 13.1 Å². The quantitative estimate of drug-likeness (QED) is 0.611. The third kappa shape index (κ3) is 4.10. The first kappa shape index (κ1) is 17.7. The van der Waals surface area contributed by atoms with Gasteiger partial charge >= 0.3 is 11.8 Å². The number of rotatable bonds is 5. The molecule has 0 aliphatic heterocycles. The average molecular weight is 351 g/mol. The lowest BCUT2D eigenvalue weighted by atomic mass is 10.1. The van der Waals surface area contributed by atoms with Gasteiger partial charge in [0.25, 0.3) is 0 Å². The number of aliphatic hydroxyl groups is 1. The van der Waals surface area contributed by atoms with E-state index < -0.39 is 17.9 Å². The van der Waals surface area contributed by atoms with Gasteiger partial charge in [0.05, 0.1) is 6.10 Å². The van der Waals surface area contributed by atoms with Crippen LogP contribution in [0.5, 0.6) is 0 Å². The summed E-state index contributed by atoms with van der Waals surface area (Å²) in [5.41, 5.74) is 2.66. The SMILES string of the molecule is Cn1ccc2cc(C(O)CNC(=O)C(=O)NCc3ccccc3)ccc21. The molecular weight excluding hydrogens is 330 g/mol. The van der Waals surface area contributed by atoms with Gasteiger partial charge in [-0.05, 0) is 34.7 Å². The molecule has 0 aliphatic carbocycles. The Morgan fingerprint density at radius 2 is 1.77 bits per heavy atom. The van der Waals surface area contributed by atoms with Crippen molar-refractivity contribution in [3.8, 4) is 0 Å². The third-order valence-electron chi connectivity index (χ3n) is 4.25. The second-order valence-corrected chi connectivity index (χ2v) is 6.14. The maximum absolute atomic E-state index is 11.9. The molecule has 0 saturated carbocycles. The fourth-order valence-corrected chi connectivity index (χ4v) is 2.75. The Morgan fingerprint density at radius 1 is 1.04 bits per heavy atom. The van der Waals surface area contributed by atoms with Crippen LogP contribution in [0, 0.1) is 0 Å². The second kappa shape index (κ2) is 7.84. The molecule has 0 radical (unpaired) electrons. The first-order valence-electron chi connectivity index (χ1n) is 8.37. The Kier molecular flexibility index (Phi) is 5.34. The zero-order valence-electron chi connectivity index (χ0n) is 14.5. The number of aryl methyl sites for hydroxylation is 1. The number of fused-ring (bicyclic) bond motifs is 1. The van der Waals surface area contributed by atoms with Crippen molar-refractivity contribution in [2.45, 2.75) is 12.6 Å². The molecule has 0 bridgehead atoms. The molecular formula is C20H21N3O3. The molecule has 0 aliphatic rings. The first-order chi connectivity index (χ1) is 12.5.